The molecule has 0 atom stereocenters. The summed E-state index contributed by atoms with van der Waals surface area (Å²) in [7, 11) is 0. The van der Waals surface area contributed by atoms with Crippen LogP contribution in [0.15, 0.2) is 24.3 Å². The van der Waals surface area contributed by atoms with E-state index in [2.05, 4.69) is 22.6 Å². The molecule has 1 aromatic rings. The van der Waals surface area contributed by atoms with Crippen LogP contribution in [-0.2, 0) is 4.74 Å². The van der Waals surface area contributed by atoms with Crippen LogP contribution in [0.3, 0.4) is 0 Å². The Bertz CT molecular complexity index is 271. The smallest absolute Gasteiger partial charge is 0.338 e. The molecule has 0 bridgehead atoms. The van der Waals surface area contributed by atoms with E-state index in [4.69, 9.17) is 4.74 Å². The van der Waals surface area contributed by atoms with Crippen molar-refractivity contribution in [1.29, 1.82) is 0 Å². The van der Waals surface area contributed by atoms with Gasteiger partial charge in [-0.1, -0.05) is 0 Å². The molecule has 0 aliphatic heterocycles. The van der Waals surface area contributed by atoms with Gasteiger partial charge >= 0.3 is 5.97 Å². The Balaban J connectivity index is 0.00000144. The van der Waals surface area contributed by atoms with Gasteiger partial charge in [-0.25, -0.2) is 4.79 Å². The number of hydrogen-bond acceptors (Lipinski definition) is 2. The normalized spacial score (nSPS) is 8.77. The third-order valence-electron chi connectivity index (χ3n) is 1.36. The molecule has 4 heteroatoms. The quantitative estimate of drug-likeness (QED) is 0.619. The molecule has 0 heterocycles. The maximum atomic E-state index is 11.1. The minimum atomic E-state index is -0.256. The molecule has 0 fully saturated rings. The number of rotatable bonds is 2. The number of hydrogen-bond donors (Lipinski definition) is 0. The third kappa shape index (κ3) is 4.63. The van der Waals surface area contributed by atoms with E-state index in [9.17, 15) is 4.79 Å². The van der Waals surface area contributed by atoms with Crippen LogP contribution in [0.2, 0.25) is 0 Å². The summed E-state index contributed by atoms with van der Waals surface area (Å²) in [6.07, 6.45) is 0. The summed E-state index contributed by atoms with van der Waals surface area (Å²) in [6, 6.07) is 7.29. The largest absolute Gasteiger partial charge is 0.462 e. The van der Waals surface area contributed by atoms with E-state index < -0.39 is 0 Å². The fraction of sp³-hybridized carbons (Fsp3) is 0.222. The zero-order valence-electron chi connectivity index (χ0n) is 7.06. The second-order valence-corrected chi connectivity index (χ2v) is 3.47. The molecule has 0 spiro atoms. The number of carbonyl (C=O) groups excluding carboxylic acids is 1. The Morgan fingerprint density at radius 3 is 2.38 bits per heavy atom. The van der Waals surface area contributed by atoms with E-state index >= 15 is 0 Å². The molecule has 2 nitrogen and oxygen atoms in total. The topological polar surface area (TPSA) is 26.3 Å². The van der Waals surface area contributed by atoms with Gasteiger partial charge in [-0.3, -0.25) is 0 Å². The second kappa shape index (κ2) is 7.04. The fourth-order valence-corrected chi connectivity index (χ4v) is 1.16. The van der Waals surface area contributed by atoms with Gasteiger partial charge < -0.3 is 4.74 Å². The number of esters is 1. The first-order valence-electron chi connectivity index (χ1n) is 3.66. The Kier molecular flexibility index (Phi) is 7.40. The zero-order chi connectivity index (χ0) is 8.97. The van der Waals surface area contributed by atoms with Gasteiger partial charge in [-0.2, -0.15) is 0 Å². The van der Waals surface area contributed by atoms with E-state index in [0.717, 1.165) is 3.57 Å². The van der Waals surface area contributed by atoms with Crippen molar-refractivity contribution >= 4 is 28.6 Å². The molecule has 0 aliphatic carbocycles. The van der Waals surface area contributed by atoms with Crippen molar-refractivity contribution in [3.8, 4) is 0 Å². The molecule has 0 unspecified atom stereocenters. The summed E-state index contributed by atoms with van der Waals surface area (Å²) >= 11 is 2.19. The van der Waals surface area contributed by atoms with Gasteiger partial charge in [0.15, 0.2) is 0 Å². The Morgan fingerprint density at radius 2 is 1.92 bits per heavy atom. The molecule has 0 radical (unpaired) electrons. The summed E-state index contributed by atoms with van der Waals surface area (Å²) in [4.78, 5) is 11.1. The van der Waals surface area contributed by atoms with Crippen LogP contribution >= 0.6 is 22.6 Å². The molecule has 0 saturated heterocycles. The molecule has 0 saturated carbocycles. The van der Waals surface area contributed by atoms with Gasteiger partial charge in [0.25, 0.3) is 0 Å². The zero-order valence-corrected chi connectivity index (χ0v) is 9.93. The van der Waals surface area contributed by atoms with Crippen LogP contribution < -0.4 is 0 Å². The molecular weight excluding hydrogens is 307 g/mol. The van der Waals surface area contributed by atoms with E-state index in [1.54, 1.807) is 19.1 Å². The van der Waals surface area contributed by atoms with Crippen molar-refractivity contribution in [3.63, 3.8) is 0 Å². The predicted octanol–water partition coefficient (Wildman–Crippen LogP) is 2.47. The van der Waals surface area contributed by atoms with E-state index in [0.29, 0.717) is 12.2 Å². The maximum absolute atomic E-state index is 11.1. The van der Waals surface area contributed by atoms with Crippen LogP contribution in [0.25, 0.3) is 0 Å². The number of ether oxygens (including phenoxy) is 1. The summed E-state index contributed by atoms with van der Waals surface area (Å²) in [5.41, 5.74) is 0.609. The molecule has 13 heavy (non-hydrogen) atoms. The van der Waals surface area contributed by atoms with Crippen LogP contribution in [0.5, 0.6) is 0 Å². The van der Waals surface area contributed by atoms with Gasteiger partial charge in [-0.15, -0.1) is 0 Å². The standard InChI is InChI=1S/C9H9IO2.Ar/c1-2-12-9(11)7-3-5-8(10)6-4-7;/h3-6H,2H2,1H3;. The van der Waals surface area contributed by atoms with Crippen molar-refractivity contribution in [1.82, 2.24) is 0 Å². The second-order valence-electron chi connectivity index (χ2n) is 2.23. The van der Waals surface area contributed by atoms with Crippen molar-refractivity contribution in [2.24, 2.45) is 0 Å². The molecule has 1 aromatic carbocycles. The van der Waals surface area contributed by atoms with Gasteiger partial charge in [-0.05, 0) is 53.8 Å². The average Bonchev–Trinajstić information content (AvgIpc) is 2.06. The molecule has 0 aliphatic rings. The van der Waals surface area contributed by atoms with E-state index in [1.807, 2.05) is 12.1 Å². The Hall–Kier alpha value is 0.680. The molecule has 0 aromatic heterocycles. The van der Waals surface area contributed by atoms with Crippen LogP contribution in [0.1, 0.15) is 17.3 Å². The van der Waals surface area contributed by atoms with Crippen molar-refractivity contribution < 1.29 is 47.3 Å². The van der Waals surface area contributed by atoms with E-state index in [1.165, 1.54) is 0 Å². The van der Waals surface area contributed by atoms with Crippen molar-refractivity contribution in [3.05, 3.63) is 33.4 Å². The predicted molar refractivity (Wildman–Crippen MR) is 55.1 cm³/mol. The number of benzene rings is 1. The van der Waals surface area contributed by atoms with E-state index in [-0.39, 0.29) is 43.7 Å². The molecule has 0 amide bonds. The van der Waals surface area contributed by atoms with Crippen molar-refractivity contribution in [2.45, 2.75) is 6.92 Å². The van der Waals surface area contributed by atoms with Crippen molar-refractivity contribution in [2.75, 3.05) is 6.61 Å². The van der Waals surface area contributed by atoms with Gasteiger partial charge in [0, 0.05) is 41.3 Å². The molecule has 0 N–H and O–H groups in total. The first kappa shape index (κ1) is 13.7. The number of halogens is 1. The SMILES string of the molecule is CCOC(=O)c1ccc(I)cc1.[Ar]. The average molecular weight is 316 g/mol. The minimum Gasteiger partial charge on any atom is -0.462 e. The first-order chi connectivity index (χ1) is 5.74. The van der Waals surface area contributed by atoms with Crippen LogP contribution in [0.4, 0.5) is 0 Å². The fourth-order valence-electron chi connectivity index (χ4n) is 0.800. The van der Waals surface area contributed by atoms with Crippen LogP contribution in [0, 0.1) is 41.3 Å². The van der Waals surface area contributed by atoms with Gasteiger partial charge in [0.2, 0.25) is 0 Å². The molecular formula is C9H9ArIO2. The summed E-state index contributed by atoms with van der Waals surface area (Å²) in [5, 5.41) is 0. The third-order valence-corrected chi connectivity index (χ3v) is 2.07. The summed E-state index contributed by atoms with van der Waals surface area (Å²) < 4.78 is 5.94. The Labute approximate surface area is 121 Å². The summed E-state index contributed by atoms with van der Waals surface area (Å²) in [5.74, 6) is -0.256. The number of carbonyl (C=O) groups is 1. The first-order valence-corrected chi connectivity index (χ1v) is 4.74. The van der Waals surface area contributed by atoms with Crippen LogP contribution in [-0.4, -0.2) is 12.6 Å². The van der Waals surface area contributed by atoms with Gasteiger partial charge in [0.1, 0.15) is 0 Å². The Morgan fingerprint density at radius 1 is 1.38 bits per heavy atom. The maximum Gasteiger partial charge on any atom is 0.338 e. The summed E-state index contributed by atoms with van der Waals surface area (Å²) in [6.45, 7) is 2.22. The molecule has 1 rings (SSSR count). The van der Waals surface area contributed by atoms with Gasteiger partial charge in [0.05, 0.1) is 12.2 Å². The minimum absolute atomic E-state index is 0. The molecule has 72 valence electrons. The monoisotopic (exact) mass is 316 g/mol.